The van der Waals surface area contributed by atoms with Gasteiger partial charge in [0.05, 0.1) is 31.5 Å². The lowest BCUT2D eigenvalue weighted by atomic mass is 10.2. The second-order valence-corrected chi connectivity index (χ2v) is 6.23. The summed E-state index contributed by atoms with van der Waals surface area (Å²) in [6.45, 7) is 0. The van der Waals surface area contributed by atoms with Gasteiger partial charge in [-0.1, -0.05) is 6.07 Å². The zero-order valence-electron chi connectivity index (χ0n) is 14.6. The van der Waals surface area contributed by atoms with Crippen LogP contribution < -0.4 is 20.1 Å². The highest BCUT2D eigenvalue weighted by Crippen LogP contribution is 2.32. The van der Waals surface area contributed by atoms with Crippen LogP contribution in [0.25, 0.3) is 0 Å². The summed E-state index contributed by atoms with van der Waals surface area (Å²) in [6, 6.07) is 14.1. The molecule has 3 aromatic rings. The highest BCUT2D eigenvalue weighted by atomic mass is 32.1. The molecule has 0 aliphatic heterocycles. The van der Waals surface area contributed by atoms with Crippen LogP contribution in [0.4, 0.5) is 16.5 Å². The van der Waals surface area contributed by atoms with E-state index in [4.69, 9.17) is 14.7 Å². The zero-order valence-corrected chi connectivity index (χ0v) is 15.5. The van der Waals surface area contributed by atoms with E-state index >= 15 is 0 Å². The molecule has 3 rings (SSSR count). The lowest BCUT2D eigenvalue weighted by Crippen LogP contribution is -2.12. The summed E-state index contributed by atoms with van der Waals surface area (Å²) in [7, 11) is 3.15. The number of hydrogen-bond acceptors (Lipinski definition) is 7. The van der Waals surface area contributed by atoms with Gasteiger partial charge in [-0.15, -0.1) is 11.3 Å². The Morgan fingerprint density at radius 3 is 2.78 bits per heavy atom. The molecule has 0 unspecified atom stereocenters. The van der Waals surface area contributed by atoms with Crippen LogP contribution in [0, 0.1) is 11.3 Å². The first-order valence-corrected chi connectivity index (χ1v) is 8.77. The van der Waals surface area contributed by atoms with E-state index < -0.39 is 0 Å². The van der Waals surface area contributed by atoms with E-state index in [1.54, 1.807) is 56.0 Å². The molecule has 1 heterocycles. The van der Waals surface area contributed by atoms with Gasteiger partial charge in [-0.2, -0.15) is 5.26 Å². The molecule has 0 spiro atoms. The number of methoxy groups -OCH3 is 2. The number of rotatable bonds is 6. The van der Waals surface area contributed by atoms with Crippen LogP contribution in [0.5, 0.6) is 11.5 Å². The average molecular weight is 380 g/mol. The van der Waals surface area contributed by atoms with E-state index in [0.717, 1.165) is 0 Å². The Balaban J connectivity index is 1.73. The van der Waals surface area contributed by atoms with Crippen molar-refractivity contribution in [1.29, 1.82) is 5.26 Å². The largest absolute Gasteiger partial charge is 0.497 e. The summed E-state index contributed by atoms with van der Waals surface area (Å²) < 4.78 is 10.5. The van der Waals surface area contributed by atoms with Gasteiger partial charge in [-0.05, 0) is 30.3 Å². The van der Waals surface area contributed by atoms with Crippen molar-refractivity contribution < 1.29 is 14.3 Å². The number of ether oxygens (including phenoxy) is 2. The molecule has 27 heavy (non-hydrogen) atoms. The quantitative estimate of drug-likeness (QED) is 0.670. The zero-order chi connectivity index (χ0) is 19.2. The lowest BCUT2D eigenvalue weighted by molar-refractivity contribution is 0.102. The Bertz CT molecular complexity index is 1010. The topological polar surface area (TPSA) is 96.3 Å². The first-order valence-electron chi connectivity index (χ1n) is 7.89. The molecule has 0 aliphatic carbocycles. The number of amides is 1. The van der Waals surface area contributed by atoms with Crippen molar-refractivity contribution in [3.8, 4) is 17.6 Å². The normalized spacial score (nSPS) is 9.96. The minimum Gasteiger partial charge on any atom is -0.497 e. The SMILES string of the molecule is COc1ccc(Nc2nc(C(=O)Nc3cccc(C#N)c3)cs2)c(OC)c1. The van der Waals surface area contributed by atoms with Crippen LogP contribution in [0.3, 0.4) is 0 Å². The minimum absolute atomic E-state index is 0.275. The molecular weight excluding hydrogens is 364 g/mol. The summed E-state index contributed by atoms with van der Waals surface area (Å²) in [4.78, 5) is 16.7. The Labute approximate surface area is 160 Å². The Hall–Kier alpha value is -3.57. The molecule has 0 atom stereocenters. The molecule has 0 aliphatic rings. The molecule has 0 saturated carbocycles. The van der Waals surface area contributed by atoms with E-state index in [1.807, 2.05) is 12.1 Å². The summed E-state index contributed by atoms with van der Waals surface area (Å²) >= 11 is 1.30. The predicted molar refractivity (Wildman–Crippen MR) is 104 cm³/mol. The molecule has 136 valence electrons. The van der Waals surface area contributed by atoms with Gasteiger partial charge in [0, 0.05) is 17.1 Å². The van der Waals surface area contributed by atoms with Crippen molar-refractivity contribution in [3.63, 3.8) is 0 Å². The number of nitriles is 1. The maximum absolute atomic E-state index is 12.4. The van der Waals surface area contributed by atoms with Crippen LogP contribution in [0.15, 0.2) is 47.8 Å². The summed E-state index contributed by atoms with van der Waals surface area (Å²) in [6.07, 6.45) is 0. The fourth-order valence-electron chi connectivity index (χ4n) is 2.31. The summed E-state index contributed by atoms with van der Waals surface area (Å²) in [5.74, 6) is 0.927. The first kappa shape index (κ1) is 18.2. The van der Waals surface area contributed by atoms with E-state index in [9.17, 15) is 4.79 Å². The fourth-order valence-corrected chi connectivity index (χ4v) is 3.02. The Kier molecular flexibility index (Phi) is 5.54. The molecule has 1 aromatic heterocycles. The van der Waals surface area contributed by atoms with Gasteiger partial charge in [0.2, 0.25) is 0 Å². The van der Waals surface area contributed by atoms with E-state index in [0.29, 0.717) is 33.6 Å². The molecule has 7 nitrogen and oxygen atoms in total. The van der Waals surface area contributed by atoms with E-state index in [1.165, 1.54) is 11.3 Å². The molecule has 0 bridgehead atoms. The van der Waals surface area contributed by atoms with Crippen molar-refractivity contribution in [2.45, 2.75) is 0 Å². The number of hydrogen-bond donors (Lipinski definition) is 2. The van der Waals surface area contributed by atoms with Gasteiger partial charge in [-0.3, -0.25) is 4.79 Å². The minimum atomic E-state index is -0.351. The summed E-state index contributed by atoms with van der Waals surface area (Å²) in [5, 5.41) is 17.0. The maximum atomic E-state index is 12.4. The third kappa shape index (κ3) is 4.34. The van der Waals surface area contributed by atoms with E-state index in [2.05, 4.69) is 15.6 Å². The number of aromatic nitrogens is 1. The molecule has 0 saturated heterocycles. The van der Waals surface area contributed by atoms with Crippen molar-refractivity contribution in [1.82, 2.24) is 4.98 Å². The summed E-state index contributed by atoms with van der Waals surface area (Å²) in [5.41, 5.74) is 2.00. The Morgan fingerprint density at radius 1 is 1.19 bits per heavy atom. The molecule has 2 aromatic carbocycles. The fraction of sp³-hybridized carbons (Fsp3) is 0.105. The van der Waals surface area contributed by atoms with Crippen LogP contribution in [0.1, 0.15) is 16.1 Å². The van der Waals surface area contributed by atoms with Crippen molar-refractivity contribution in [2.24, 2.45) is 0 Å². The van der Waals surface area contributed by atoms with Gasteiger partial charge >= 0.3 is 0 Å². The standard InChI is InChI=1S/C19H16N4O3S/c1-25-14-6-7-15(17(9-14)26-2)22-19-23-16(11-27-19)18(24)21-13-5-3-4-12(8-13)10-20/h3-9,11H,1-2H3,(H,21,24)(H,22,23). The maximum Gasteiger partial charge on any atom is 0.275 e. The number of carbonyl (C=O) groups excluding carboxylic acids is 1. The number of thiazole rings is 1. The number of benzene rings is 2. The van der Waals surface area contributed by atoms with Gasteiger partial charge in [0.25, 0.3) is 5.91 Å². The van der Waals surface area contributed by atoms with Gasteiger partial charge < -0.3 is 20.1 Å². The highest BCUT2D eigenvalue weighted by Gasteiger charge is 2.13. The Morgan fingerprint density at radius 2 is 2.04 bits per heavy atom. The van der Waals surface area contributed by atoms with Crippen LogP contribution in [0.2, 0.25) is 0 Å². The monoisotopic (exact) mass is 380 g/mol. The third-order valence-electron chi connectivity index (χ3n) is 3.64. The first-order chi connectivity index (χ1) is 13.1. The lowest BCUT2D eigenvalue weighted by Gasteiger charge is -2.10. The molecule has 8 heteroatoms. The number of carbonyl (C=O) groups is 1. The van der Waals surface area contributed by atoms with Crippen molar-refractivity contribution in [3.05, 3.63) is 59.1 Å². The van der Waals surface area contributed by atoms with E-state index in [-0.39, 0.29) is 11.6 Å². The van der Waals surface area contributed by atoms with Crippen LogP contribution in [-0.2, 0) is 0 Å². The number of nitrogens with one attached hydrogen (secondary N) is 2. The third-order valence-corrected chi connectivity index (χ3v) is 4.39. The predicted octanol–water partition coefficient (Wildman–Crippen LogP) is 4.03. The van der Waals surface area contributed by atoms with Crippen molar-refractivity contribution in [2.75, 3.05) is 24.9 Å². The molecule has 2 N–H and O–H groups in total. The van der Waals surface area contributed by atoms with Crippen LogP contribution in [-0.4, -0.2) is 25.1 Å². The average Bonchev–Trinajstić information content (AvgIpc) is 3.17. The molecule has 0 radical (unpaired) electrons. The van der Waals surface area contributed by atoms with Crippen molar-refractivity contribution >= 4 is 33.8 Å². The number of nitrogens with zero attached hydrogens (tertiary/aromatic N) is 2. The molecular formula is C19H16N4O3S. The highest BCUT2D eigenvalue weighted by molar-refractivity contribution is 7.14. The second kappa shape index (κ2) is 8.21. The number of anilines is 3. The van der Waals surface area contributed by atoms with Gasteiger partial charge in [-0.25, -0.2) is 4.98 Å². The second-order valence-electron chi connectivity index (χ2n) is 5.38. The smallest absolute Gasteiger partial charge is 0.275 e. The van der Waals surface area contributed by atoms with Gasteiger partial charge in [0.1, 0.15) is 17.2 Å². The van der Waals surface area contributed by atoms with Gasteiger partial charge in [0.15, 0.2) is 5.13 Å². The van der Waals surface area contributed by atoms with Crippen LogP contribution >= 0.6 is 11.3 Å². The molecule has 1 amide bonds. The molecule has 0 fully saturated rings.